The molecule has 3 rings (SSSR count). The lowest BCUT2D eigenvalue weighted by atomic mass is 10.1. The third-order valence-corrected chi connectivity index (χ3v) is 5.80. The summed E-state index contributed by atoms with van der Waals surface area (Å²) in [7, 11) is 3.19. The van der Waals surface area contributed by atoms with Crippen molar-refractivity contribution in [2.45, 2.75) is 12.5 Å². The number of hydrogen-bond donors (Lipinski definition) is 1. The van der Waals surface area contributed by atoms with E-state index in [1.165, 1.54) is 0 Å². The zero-order valence-corrected chi connectivity index (χ0v) is 17.8. The fraction of sp³-hybridized carbons (Fsp3) is 0.450. The monoisotopic (exact) mass is 426 g/mol. The van der Waals surface area contributed by atoms with Gasteiger partial charge < -0.3 is 19.5 Å². The lowest BCUT2D eigenvalue weighted by Crippen LogP contribution is -2.49. The molecule has 0 spiro atoms. The van der Waals surface area contributed by atoms with Gasteiger partial charge in [0.1, 0.15) is 6.10 Å². The van der Waals surface area contributed by atoms with Gasteiger partial charge in [-0.1, -0.05) is 12.1 Å². The quantitative estimate of drug-likeness (QED) is 0.737. The van der Waals surface area contributed by atoms with Gasteiger partial charge in [0.25, 0.3) is 0 Å². The van der Waals surface area contributed by atoms with Gasteiger partial charge >= 0.3 is 0 Å². The molecule has 1 fully saturated rings. The number of aliphatic hydroxyl groups is 1. The molecule has 1 aliphatic rings. The van der Waals surface area contributed by atoms with Crippen molar-refractivity contribution in [3.8, 4) is 11.5 Å². The molecule has 2 heterocycles. The Morgan fingerprint density at radius 3 is 2.46 bits per heavy atom. The first-order chi connectivity index (χ1) is 13.1. The Bertz CT molecular complexity index is 749. The predicted molar refractivity (Wildman–Crippen MR) is 113 cm³/mol. The van der Waals surface area contributed by atoms with Crippen LogP contribution in [0.25, 0.3) is 0 Å². The summed E-state index contributed by atoms with van der Waals surface area (Å²) < 4.78 is 10.5. The number of piperazine rings is 1. The minimum Gasteiger partial charge on any atom is -0.493 e. The van der Waals surface area contributed by atoms with Gasteiger partial charge in [0.15, 0.2) is 11.5 Å². The number of rotatable bonds is 7. The number of β-amino-alcohol motifs (C(OH)–C–C–N with tert-alkyl or cyclic N) is 1. The van der Waals surface area contributed by atoms with Crippen LogP contribution in [0.15, 0.2) is 35.7 Å². The van der Waals surface area contributed by atoms with Gasteiger partial charge in [0, 0.05) is 37.6 Å². The Morgan fingerprint density at radius 2 is 1.86 bits per heavy atom. The molecule has 0 radical (unpaired) electrons. The number of ether oxygens (including phenoxy) is 2. The largest absolute Gasteiger partial charge is 0.493 e. The molecular weight excluding hydrogens is 400 g/mol. The summed E-state index contributed by atoms with van der Waals surface area (Å²) in [6.45, 7) is 3.53. The number of carbonyl (C=O) groups excluding carboxylic acids is 1. The van der Waals surface area contributed by atoms with E-state index in [9.17, 15) is 9.90 Å². The van der Waals surface area contributed by atoms with Gasteiger partial charge in [-0.05, 0) is 29.1 Å². The van der Waals surface area contributed by atoms with E-state index in [1.807, 2.05) is 40.6 Å². The van der Waals surface area contributed by atoms with Gasteiger partial charge in [0.05, 0.1) is 20.6 Å². The first kappa shape index (κ1) is 22.5. The van der Waals surface area contributed by atoms with Crippen LogP contribution in [0.2, 0.25) is 0 Å². The average Bonchev–Trinajstić information content (AvgIpc) is 3.23. The fourth-order valence-corrected chi connectivity index (χ4v) is 3.98. The Kier molecular flexibility index (Phi) is 8.57. The maximum absolute atomic E-state index is 12.6. The zero-order valence-electron chi connectivity index (χ0n) is 16.2. The molecule has 1 unspecified atom stereocenters. The summed E-state index contributed by atoms with van der Waals surface area (Å²) in [5.74, 6) is 1.41. The third-order valence-electron chi connectivity index (χ3n) is 4.83. The molecule has 1 atom stereocenters. The highest BCUT2D eigenvalue weighted by Crippen LogP contribution is 2.28. The molecule has 154 valence electrons. The third kappa shape index (κ3) is 5.61. The number of carbonyl (C=O) groups is 1. The topological polar surface area (TPSA) is 62.2 Å². The molecule has 1 saturated heterocycles. The maximum Gasteiger partial charge on any atom is 0.227 e. The smallest absolute Gasteiger partial charge is 0.227 e. The molecule has 6 nitrogen and oxygen atoms in total. The van der Waals surface area contributed by atoms with E-state index in [-0.39, 0.29) is 18.3 Å². The SMILES string of the molecule is COc1ccc(CC(=O)N2CCN(CC(O)c3cccs3)CC2)cc1OC.Cl. The van der Waals surface area contributed by atoms with Crippen LogP contribution in [0.4, 0.5) is 0 Å². The van der Waals surface area contributed by atoms with Crippen LogP contribution in [0.3, 0.4) is 0 Å². The van der Waals surface area contributed by atoms with Crippen molar-refractivity contribution >= 4 is 29.7 Å². The number of amides is 1. The van der Waals surface area contributed by atoms with E-state index in [1.54, 1.807) is 25.6 Å². The van der Waals surface area contributed by atoms with Gasteiger partial charge in [-0.15, -0.1) is 23.7 Å². The van der Waals surface area contributed by atoms with Crippen LogP contribution in [-0.4, -0.2) is 67.8 Å². The first-order valence-corrected chi connectivity index (χ1v) is 9.91. The summed E-state index contributed by atoms with van der Waals surface area (Å²) in [6.07, 6.45) is -0.114. The van der Waals surface area contributed by atoms with Crippen molar-refractivity contribution in [2.75, 3.05) is 46.9 Å². The van der Waals surface area contributed by atoms with Gasteiger partial charge in [-0.3, -0.25) is 9.69 Å². The molecule has 0 aliphatic carbocycles. The Balaban J connectivity index is 0.00000280. The minimum absolute atomic E-state index is 0. The highest BCUT2D eigenvalue weighted by atomic mass is 35.5. The molecule has 1 amide bonds. The normalized spacial score (nSPS) is 15.6. The second kappa shape index (κ2) is 10.7. The molecule has 1 aromatic carbocycles. The summed E-state index contributed by atoms with van der Waals surface area (Å²) >= 11 is 1.57. The lowest BCUT2D eigenvalue weighted by molar-refractivity contribution is -0.132. The van der Waals surface area contributed by atoms with Crippen LogP contribution < -0.4 is 9.47 Å². The van der Waals surface area contributed by atoms with E-state index in [0.717, 1.165) is 23.5 Å². The van der Waals surface area contributed by atoms with E-state index >= 15 is 0 Å². The molecule has 0 bridgehead atoms. The Morgan fingerprint density at radius 1 is 1.14 bits per heavy atom. The van der Waals surface area contributed by atoms with Gasteiger partial charge in [0.2, 0.25) is 5.91 Å². The number of thiophene rings is 1. The highest BCUT2D eigenvalue weighted by molar-refractivity contribution is 7.10. The molecule has 1 aliphatic heterocycles. The molecule has 2 aromatic rings. The van der Waals surface area contributed by atoms with Crippen molar-refractivity contribution in [3.63, 3.8) is 0 Å². The fourth-order valence-electron chi connectivity index (χ4n) is 3.27. The van der Waals surface area contributed by atoms with Crippen LogP contribution in [0.1, 0.15) is 16.5 Å². The van der Waals surface area contributed by atoms with Crippen molar-refractivity contribution in [2.24, 2.45) is 0 Å². The molecule has 1 N–H and O–H groups in total. The number of halogens is 1. The highest BCUT2D eigenvalue weighted by Gasteiger charge is 2.23. The Labute approximate surface area is 176 Å². The lowest BCUT2D eigenvalue weighted by Gasteiger charge is -2.35. The average molecular weight is 427 g/mol. The second-order valence-electron chi connectivity index (χ2n) is 6.58. The van der Waals surface area contributed by atoms with E-state index in [4.69, 9.17) is 9.47 Å². The molecule has 1 aromatic heterocycles. The van der Waals surface area contributed by atoms with Crippen molar-refractivity contribution in [3.05, 3.63) is 46.2 Å². The van der Waals surface area contributed by atoms with Gasteiger partial charge in [-0.2, -0.15) is 0 Å². The van der Waals surface area contributed by atoms with E-state index < -0.39 is 6.10 Å². The standard InChI is InChI=1S/C20H26N2O4S.ClH/c1-25-17-6-5-15(12-18(17)26-2)13-20(24)22-9-7-21(8-10-22)14-16(23)19-4-3-11-27-19;/h3-6,11-12,16,23H,7-10,13-14H2,1-2H3;1H. The summed E-state index contributed by atoms with van der Waals surface area (Å²) in [4.78, 5) is 17.7. The van der Waals surface area contributed by atoms with Gasteiger partial charge in [-0.25, -0.2) is 0 Å². The minimum atomic E-state index is -0.459. The maximum atomic E-state index is 12.6. The van der Waals surface area contributed by atoms with Crippen molar-refractivity contribution < 1.29 is 19.4 Å². The number of benzene rings is 1. The first-order valence-electron chi connectivity index (χ1n) is 9.03. The summed E-state index contributed by atoms with van der Waals surface area (Å²) in [6, 6.07) is 9.48. The second-order valence-corrected chi connectivity index (χ2v) is 7.56. The number of methoxy groups -OCH3 is 2. The summed E-state index contributed by atoms with van der Waals surface area (Å²) in [5.41, 5.74) is 0.910. The summed E-state index contributed by atoms with van der Waals surface area (Å²) in [5, 5.41) is 12.3. The Hall–Kier alpha value is -1.80. The van der Waals surface area contributed by atoms with Crippen molar-refractivity contribution in [1.82, 2.24) is 9.80 Å². The molecule has 8 heteroatoms. The van der Waals surface area contributed by atoms with Crippen LogP contribution in [0, 0.1) is 0 Å². The van der Waals surface area contributed by atoms with E-state index in [0.29, 0.717) is 37.6 Å². The van der Waals surface area contributed by atoms with Crippen LogP contribution >= 0.6 is 23.7 Å². The van der Waals surface area contributed by atoms with E-state index in [2.05, 4.69) is 4.90 Å². The zero-order chi connectivity index (χ0) is 19.2. The number of hydrogen-bond acceptors (Lipinski definition) is 6. The van der Waals surface area contributed by atoms with Crippen molar-refractivity contribution in [1.29, 1.82) is 0 Å². The molecular formula is C20H27ClN2O4S. The number of aliphatic hydroxyl groups excluding tert-OH is 1. The number of nitrogens with zero attached hydrogens (tertiary/aromatic N) is 2. The van der Waals surface area contributed by atoms with Crippen LogP contribution in [0.5, 0.6) is 11.5 Å². The van der Waals surface area contributed by atoms with Crippen LogP contribution in [-0.2, 0) is 11.2 Å². The predicted octanol–water partition coefficient (Wildman–Crippen LogP) is 2.61. The molecule has 28 heavy (non-hydrogen) atoms. The molecule has 0 saturated carbocycles.